The summed E-state index contributed by atoms with van der Waals surface area (Å²) in [4.78, 5) is 11.1. The highest BCUT2D eigenvalue weighted by Gasteiger charge is 2.32. The number of alkyl halides is 3. The largest absolute Gasteiger partial charge is 0.416 e. The summed E-state index contributed by atoms with van der Waals surface area (Å²) < 4.78 is 37.5. The molecule has 0 amide bonds. The summed E-state index contributed by atoms with van der Waals surface area (Å²) >= 11 is 3.01. The normalized spacial score (nSPS) is 11.6. The van der Waals surface area contributed by atoms with Gasteiger partial charge in [0.15, 0.2) is 5.78 Å². The molecule has 0 aliphatic heterocycles. The number of hydrogen-bond donors (Lipinski definition) is 0. The van der Waals surface area contributed by atoms with Crippen LogP contribution in [0.5, 0.6) is 0 Å². The van der Waals surface area contributed by atoms with E-state index in [1.165, 1.54) is 6.92 Å². The first-order chi connectivity index (χ1) is 6.73. The van der Waals surface area contributed by atoms with Gasteiger partial charge in [0.2, 0.25) is 0 Å². The van der Waals surface area contributed by atoms with Crippen LogP contribution in [0.2, 0.25) is 0 Å². The Bertz CT molecular complexity index is 410. The average molecular weight is 281 g/mol. The Morgan fingerprint density at radius 2 is 1.87 bits per heavy atom. The number of benzene rings is 1. The van der Waals surface area contributed by atoms with Gasteiger partial charge in [-0.2, -0.15) is 13.2 Å². The predicted molar refractivity (Wildman–Crippen MR) is 53.9 cm³/mol. The summed E-state index contributed by atoms with van der Waals surface area (Å²) in [6, 6.07) is 1.85. The lowest BCUT2D eigenvalue weighted by molar-refractivity contribution is -0.137. The number of ketones is 1. The molecule has 0 atom stereocenters. The first-order valence-electron chi connectivity index (χ1n) is 4.11. The third kappa shape index (κ3) is 2.59. The van der Waals surface area contributed by atoms with Gasteiger partial charge < -0.3 is 0 Å². The fraction of sp³-hybridized carbons (Fsp3) is 0.300. The molecule has 5 heteroatoms. The van der Waals surface area contributed by atoms with Gasteiger partial charge in [-0.25, -0.2) is 0 Å². The summed E-state index contributed by atoms with van der Waals surface area (Å²) in [7, 11) is 0. The zero-order valence-corrected chi connectivity index (χ0v) is 9.66. The molecule has 1 nitrogen and oxygen atoms in total. The standard InChI is InChI=1S/C10H8BrF3O/c1-5-8(6(2)15)3-7(4-9(5)11)10(12,13)14/h3-4H,1-2H3. The second-order valence-corrected chi connectivity index (χ2v) is 4.04. The van der Waals surface area contributed by atoms with Crippen molar-refractivity contribution in [2.24, 2.45) is 0 Å². The molecule has 0 fully saturated rings. The minimum absolute atomic E-state index is 0.0942. The van der Waals surface area contributed by atoms with E-state index in [-0.39, 0.29) is 11.3 Å². The Morgan fingerprint density at radius 3 is 2.27 bits per heavy atom. The van der Waals surface area contributed by atoms with Crippen LogP contribution in [-0.4, -0.2) is 5.78 Å². The first-order valence-corrected chi connectivity index (χ1v) is 4.91. The Morgan fingerprint density at radius 1 is 1.33 bits per heavy atom. The molecule has 0 saturated carbocycles. The Hall–Kier alpha value is -0.840. The summed E-state index contributed by atoms with van der Waals surface area (Å²) in [6.07, 6.45) is -4.43. The maximum absolute atomic E-state index is 12.4. The molecule has 0 aliphatic carbocycles. The molecule has 0 heterocycles. The molecule has 15 heavy (non-hydrogen) atoms. The van der Waals surface area contributed by atoms with Crippen molar-refractivity contribution in [3.8, 4) is 0 Å². The third-order valence-corrected chi connectivity index (χ3v) is 2.87. The van der Waals surface area contributed by atoms with E-state index in [2.05, 4.69) is 15.9 Å². The molecular formula is C10H8BrF3O. The van der Waals surface area contributed by atoms with Crippen LogP contribution in [0.15, 0.2) is 16.6 Å². The van der Waals surface area contributed by atoms with Crippen LogP contribution in [0.1, 0.15) is 28.4 Å². The number of rotatable bonds is 1. The van der Waals surface area contributed by atoms with Crippen LogP contribution in [0, 0.1) is 6.92 Å². The number of carbonyl (C=O) groups excluding carboxylic acids is 1. The zero-order chi connectivity index (χ0) is 11.8. The molecule has 0 saturated heterocycles. The number of hydrogen-bond acceptors (Lipinski definition) is 1. The van der Waals surface area contributed by atoms with Crippen LogP contribution in [0.25, 0.3) is 0 Å². The highest BCUT2D eigenvalue weighted by atomic mass is 79.9. The highest BCUT2D eigenvalue weighted by Crippen LogP contribution is 2.33. The Balaban J connectivity index is 3.43. The van der Waals surface area contributed by atoms with Crippen molar-refractivity contribution < 1.29 is 18.0 Å². The van der Waals surface area contributed by atoms with Gasteiger partial charge in [0, 0.05) is 10.0 Å². The second kappa shape index (κ2) is 3.96. The van der Waals surface area contributed by atoms with Crippen molar-refractivity contribution in [2.45, 2.75) is 20.0 Å². The van der Waals surface area contributed by atoms with Crippen molar-refractivity contribution in [3.63, 3.8) is 0 Å². The van der Waals surface area contributed by atoms with E-state index in [0.717, 1.165) is 12.1 Å². The van der Waals surface area contributed by atoms with Crippen molar-refractivity contribution in [3.05, 3.63) is 33.3 Å². The molecule has 0 unspecified atom stereocenters. The maximum atomic E-state index is 12.4. The molecule has 0 aliphatic rings. The SMILES string of the molecule is CC(=O)c1cc(C(F)(F)F)cc(Br)c1C. The fourth-order valence-corrected chi connectivity index (χ4v) is 1.67. The predicted octanol–water partition coefficient (Wildman–Crippen LogP) is 3.98. The van der Waals surface area contributed by atoms with Crippen molar-refractivity contribution in [1.82, 2.24) is 0 Å². The lowest BCUT2D eigenvalue weighted by Gasteiger charge is -2.11. The molecule has 0 N–H and O–H groups in total. The summed E-state index contributed by atoms with van der Waals surface area (Å²) in [5, 5.41) is 0. The quantitative estimate of drug-likeness (QED) is 0.711. The monoisotopic (exact) mass is 280 g/mol. The summed E-state index contributed by atoms with van der Waals surface area (Å²) in [5.74, 6) is -0.376. The summed E-state index contributed by atoms with van der Waals surface area (Å²) in [5.41, 5.74) is -0.197. The van der Waals surface area contributed by atoms with E-state index in [1.807, 2.05) is 0 Å². The Kier molecular flexibility index (Phi) is 3.23. The van der Waals surface area contributed by atoms with Crippen molar-refractivity contribution in [1.29, 1.82) is 0 Å². The third-order valence-electron chi connectivity index (χ3n) is 2.05. The molecular weight excluding hydrogens is 273 g/mol. The van der Waals surface area contributed by atoms with Gasteiger partial charge in [0.25, 0.3) is 0 Å². The highest BCUT2D eigenvalue weighted by molar-refractivity contribution is 9.10. The molecule has 1 aromatic carbocycles. The van der Waals surface area contributed by atoms with Gasteiger partial charge in [0.05, 0.1) is 5.56 Å². The molecule has 82 valence electrons. The molecule has 0 spiro atoms. The first kappa shape index (κ1) is 12.2. The van der Waals surface area contributed by atoms with Gasteiger partial charge in [-0.3, -0.25) is 4.79 Å². The van der Waals surface area contributed by atoms with Crippen molar-refractivity contribution in [2.75, 3.05) is 0 Å². The van der Waals surface area contributed by atoms with Gasteiger partial charge in [-0.05, 0) is 31.5 Å². The zero-order valence-electron chi connectivity index (χ0n) is 8.07. The smallest absolute Gasteiger partial charge is 0.295 e. The van der Waals surface area contributed by atoms with Crippen LogP contribution < -0.4 is 0 Å². The van der Waals surface area contributed by atoms with Crippen molar-refractivity contribution >= 4 is 21.7 Å². The van der Waals surface area contributed by atoms with Gasteiger partial charge >= 0.3 is 6.18 Å². The van der Waals surface area contributed by atoms with E-state index in [0.29, 0.717) is 10.0 Å². The van der Waals surface area contributed by atoms with Gasteiger partial charge in [-0.1, -0.05) is 15.9 Å². The van der Waals surface area contributed by atoms with E-state index >= 15 is 0 Å². The van der Waals surface area contributed by atoms with Gasteiger partial charge in [-0.15, -0.1) is 0 Å². The second-order valence-electron chi connectivity index (χ2n) is 3.18. The lowest BCUT2D eigenvalue weighted by Crippen LogP contribution is -2.08. The number of halogens is 4. The fourth-order valence-electron chi connectivity index (χ4n) is 1.21. The number of carbonyl (C=O) groups is 1. The molecule has 0 aromatic heterocycles. The van der Waals surface area contributed by atoms with E-state index in [9.17, 15) is 18.0 Å². The van der Waals surface area contributed by atoms with E-state index in [1.54, 1.807) is 6.92 Å². The molecule has 0 bridgehead atoms. The summed E-state index contributed by atoms with van der Waals surface area (Å²) in [6.45, 7) is 2.84. The van der Waals surface area contributed by atoms with Crippen LogP contribution in [-0.2, 0) is 6.18 Å². The minimum Gasteiger partial charge on any atom is -0.295 e. The molecule has 1 aromatic rings. The average Bonchev–Trinajstić information content (AvgIpc) is 2.06. The van der Waals surface area contributed by atoms with Crippen LogP contribution >= 0.6 is 15.9 Å². The van der Waals surface area contributed by atoms with E-state index < -0.39 is 11.7 Å². The topological polar surface area (TPSA) is 17.1 Å². The number of Topliss-reactive ketones (excluding diaryl/α,β-unsaturated/α-hetero) is 1. The molecule has 0 radical (unpaired) electrons. The Labute approximate surface area is 93.4 Å². The lowest BCUT2D eigenvalue weighted by atomic mass is 10.0. The van der Waals surface area contributed by atoms with Crippen LogP contribution in [0.3, 0.4) is 0 Å². The maximum Gasteiger partial charge on any atom is 0.416 e. The van der Waals surface area contributed by atoms with Crippen LogP contribution in [0.4, 0.5) is 13.2 Å². The van der Waals surface area contributed by atoms with E-state index in [4.69, 9.17) is 0 Å². The van der Waals surface area contributed by atoms with Gasteiger partial charge in [0.1, 0.15) is 0 Å². The minimum atomic E-state index is -4.43. The molecule has 1 rings (SSSR count).